The summed E-state index contributed by atoms with van der Waals surface area (Å²) in [5.74, 6) is -0.0999. The highest BCUT2D eigenvalue weighted by Crippen LogP contribution is 2.10. The van der Waals surface area contributed by atoms with Crippen molar-refractivity contribution >= 4 is 11.6 Å². The molecule has 19 heavy (non-hydrogen) atoms. The van der Waals surface area contributed by atoms with Gasteiger partial charge in [0.1, 0.15) is 5.69 Å². The van der Waals surface area contributed by atoms with E-state index >= 15 is 0 Å². The van der Waals surface area contributed by atoms with Gasteiger partial charge in [-0.25, -0.2) is 0 Å². The molecule has 0 spiro atoms. The van der Waals surface area contributed by atoms with E-state index in [0.717, 1.165) is 19.5 Å². The molecule has 0 fully saturated rings. The van der Waals surface area contributed by atoms with Crippen molar-refractivity contribution < 1.29 is 4.79 Å². The molecule has 0 radical (unpaired) electrons. The standard InChI is InChI=1S/C12H18N6O/c1-2-17-9-10(13)8-11(17)12(19)14-4-3-6-18-7-5-15-16-18/h5,7-9H,2-4,6,13H2,1H3,(H,14,19). The first kappa shape index (κ1) is 13.1. The molecule has 1 amide bonds. The topological polar surface area (TPSA) is 90.8 Å². The summed E-state index contributed by atoms with van der Waals surface area (Å²) in [6, 6.07) is 1.69. The second kappa shape index (κ2) is 6.03. The van der Waals surface area contributed by atoms with Gasteiger partial charge >= 0.3 is 0 Å². The molecule has 0 saturated carbocycles. The molecule has 2 rings (SSSR count). The van der Waals surface area contributed by atoms with E-state index in [4.69, 9.17) is 5.73 Å². The number of hydrogen-bond donors (Lipinski definition) is 2. The van der Waals surface area contributed by atoms with Crippen molar-refractivity contribution in [3.8, 4) is 0 Å². The Kier molecular flexibility index (Phi) is 4.17. The number of hydrogen-bond acceptors (Lipinski definition) is 4. The van der Waals surface area contributed by atoms with Crippen LogP contribution >= 0.6 is 0 Å². The Labute approximate surface area is 111 Å². The third-order valence-electron chi connectivity index (χ3n) is 2.81. The molecule has 2 heterocycles. The van der Waals surface area contributed by atoms with Gasteiger partial charge in [-0.3, -0.25) is 9.48 Å². The number of nitrogen functional groups attached to an aromatic ring is 1. The van der Waals surface area contributed by atoms with Crippen LogP contribution in [0.5, 0.6) is 0 Å². The van der Waals surface area contributed by atoms with Crippen LogP contribution in [0.1, 0.15) is 23.8 Å². The molecule has 0 aliphatic rings. The lowest BCUT2D eigenvalue weighted by atomic mass is 10.3. The van der Waals surface area contributed by atoms with Gasteiger partial charge in [-0.05, 0) is 19.4 Å². The van der Waals surface area contributed by atoms with Gasteiger partial charge < -0.3 is 15.6 Å². The smallest absolute Gasteiger partial charge is 0.267 e. The number of carbonyl (C=O) groups excluding carboxylic acids is 1. The maximum absolute atomic E-state index is 12.0. The molecule has 0 aliphatic carbocycles. The lowest BCUT2D eigenvalue weighted by molar-refractivity contribution is 0.0943. The first-order chi connectivity index (χ1) is 9.20. The van der Waals surface area contributed by atoms with Gasteiger partial charge in [-0.15, -0.1) is 5.10 Å². The fourth-order valence-electron chi connectivity index (χ4n) is 1.87. The summed E-state index contributed by atoms with van der Waals surface area (Å²) in [6.07, 6.45) is 6.00. The van der Waals surface area contributed by atoms with E-state index in [0.29, 0.717) is 17.9 Å². The zero-order valence-electron chi connectivity index (χ0n) is 10.9. The van der Waals surface area contributed by atoms with Gasteiger partial charge in [0, 0.05) is 32.0 Å². The molecule has 0 aliphatic heterocycles. The van der Waals surface area contributed by atoms with Gasteiger partial charge in [-0.2, -0.15) is 0 Å². The molecule has 3 N–H and O–H groups in total. The normalized spacial score (nSPS) is 10.6. The van der Waals surface area contributed by atoms with Crippen molar-refractivity contribution in [1.29, 1.82) is 0 Å². The Balaban J connectivity index is 1.80. The number of nitrogens with zero attached hydrogens (tertiary/aromatic N) is 4. The van der Waals surface area contributed by atoms with Crippen LogP contribution < -0.4 is 11.1 Å². The Bertz CT molecular complexity index is 530. The van der Waals surface area contributed by atoms with Crippen LogP contribution in [0, 0.1) is 0 Å². The molecule has 2 aromatic heterocycles. The first-order valence-electron chi connectivity index (χ1n) is 6.28. The number of nitrogens with two attached hydrogens (primary N) is 1. The van der Waals surface area contributed by atoms with E-state index in [2.05, 4.69) is 15.6 Å². The number of aryl methyl sites for hydroxylation is 2. The molecule has 0 atom stereocenters. The van der Waals surface area contributed by atoms with E-state index in [9.17, 15) is 4.79 Å². The molecular weight excluding hydrogens is 244 g/mol. The molecule has 102 valence electrons. The van der Waals surface area contributed by atoms with Crippen LogP contribution in [-0.4, -0.2) is 32.0 Å². The molecule has 0 bridgehead atoms. The second-order valence-corrected chi connectivity index (χ2v) is 4.22. The van der Waals surface area contributed by atoms with Crippen LogP contribution in [0.2, 0.25) is 0 Å². The number of rotatable bonds is 6. The zero-order chi connectivity index (χ0) is 13.7. The number of nitrogens with one attached hydrogen (secondary N) is 1. The average Bonchev–Trinajstić information content (AvgIpc) is 3.03. The van der Waals surface area contributed by atoms with Gasteiger partial charge in [0.2, 0.25) is 0 Å². The SMILES string of the molecule is CCn1cc(N)cc1C(=O)NCCCn1ccnn1. The lowest BCUT2D eigenvalue weighted by Crippen LogP contribution is -2.27. The van der Waals surface area contributed by atoms with Gasteiger partial charge in [-0.1, -0.05) is 5.21 Å². The summed E-state index contributed by atoms with van der Waals surface area (Å²) in [4.78, 5) is 12.0. The molecule has 0 unspecified atom stereocenters. The highest BCUT2D eigenvalue weighted by atomic mass is 16.1. The van der Waals surface area contributed by atoms with Crippen molar-refractivity contribution in [2.24, 2.45) is 0 Å². The molecule has 2 aromatic rings. The Morgan fingerprint density at radius 1 is 1.53 bits per heavy atom. The summed E-state index contributed by atoms with van der Waals surface area (Å²) in [7, 11) is 0. The first-order valence-corrected chi connectivity index (χ1v) is 6.28. The summed E-state index contributed by atoms with van der Waals surface area (Å²) in [5, 5.41) is 10.4. The van der Waals surface area contributed by atoms with Crippen LogP contribution in [0.4, 0.5) is 5.69 Å². The van der Waals surface area contributed by atoms with Crippen LogP contribution in [0.3, 0.4) is 0 Å². The zero-order valence-corrected chi connectivity index (χ0v) is 10.9. The number of anilines is 1. The molecule has 7 heteroatoms. The van der Waals surface area contributed by atoms with Gasteiger partial charge in [0.15, 0.2) is 0 Å². The highest BCUT2D eigenvalue weighted by Gasteiger charge is 2.11. The van der Waals surface area contributed by atoms with E-state index in [-0.39, 0.29) is 5.91 Å². The van der Waals surface area contributed by atoms with Crippen molar-refractivity contribution in [2.45, 2.75) is 26.4 Å². The van der Waals surface area contributed by atoms with Crippen LogP contribution in [-0.2, 0) is 13.1 Å². The minimum atomic E-state index is -0.0999. The van der Waals surface area contributed by atoms with E-state index in [1.165, 1.54) is 0 Å². The maximum atomic E-state index is 12.0. The highest BCUT2D eigenvalue weighted by molar-refractivity contribution is 5.93. The van der Waals surface area contributed by atoms with Crippen molar-refractivity contribution in [3.05, 3.63) is 30.4 Å². The molecule has 7 nitrogen and oxygen atoms in total. The van der Waals surface area contributed by atoms with Crippen molar-refractivity contribution in [3.63, 3.8) is 0 Å². The minimum absolute atomic E-state index is 0.0999. The molecular formula is C12H18N6O. The van der Waals surface area contributed by atoms with Crippen molar-refractivity contribution in [2.75, 3.05) is 12.3 Å². The van der Waals surface area contributed by atoms with Gasteiger partial charge in [0.25, 0.3) is 5.91 Å². The molecule has 0 aromatic carbocycles. The van der Waals surface area contributed by atoms with E-state index in [1.807, 2.05) is 11.5 Å². The summed E-state index contributed by atoms with van der Waals surface area (Å²) in [6.45, 7) is 4.02. The number of amides is 1. The van der Waals surface area contributed by atoms with E-state index < -0.39 is 0 Å². The largest absolute Gasteiger partial charge is 0.397 e. The number of aromatic nitrogens is 4. The van der Waals surface area contributed by atoms with Gasteiger partial charge in [0.05, 0.1) is 11.9 Å². The predicted octanol–water partition coefficient (Wildman–Crippen LogP) is 0.502. The summed E-state index contributed by atoms with van der Waals surface area (Å²) in [5.41, 5.74) is 6.90. The third kappa shape index (κ3) is 3.34. The second-order valence-electron chi connectivity index (χ2n) is 4.22. The Hall–Kier alpha value is -2.31. The Morgan fingerprint density at radius 3 is 3.05 bits per heavy atom. The quantitative estimate of drug-likeness (QED) is 0.742. The maximum Gasteiger partial charge on any atom is 0.267 e. The summed E-state index contributed by atoms with van der Waals surface area (Å²) >= 11 is 0. The lowest BCUT2D eigenvalue weighted by Gasteiger charge is -2.07. The van der Waals surface area contributed by atoms with E-state index in [1.54, 1.807) is 29.3 Å². The average molecular weight is 262 g/mol. The van der Waals surface area contributed by atoms with Crippen LogP contribution in [0.15, 0.2) is 24.7 Å². The van der Waals surface area contributed by atoms with Crippen LogP contribution in [0.25, 0.3) is 0 Å². The molecule has 0 saturated heterocycles. The summed E-state index contributed by atoms with van der Waals surface area (Å²) < 4.78 is 3.57. The fourth-order valence-corrected chi connectivity index (χ4v) is 1.87. The fraction of sp³-hybridized carbons (Fsp3) is 0.417. The monoisotopic (exact) mass is 262 g/mol. The Morgan fingerprint density at radius 2 is 2.37 bits per heavy atom. The third-order valence-corrected chi connectivity index (χ3v) is 2.81. The number of carbonyl (C=O) groups is 1. The van der Waals surface area contributed by atoms with Crippen molar-refractivity contribution in [1.82, 2.24) is 24.9 Å². The minimum Gasteiger partial charge on any atom is -0.397 e. The predicted molar refractivity (Wildman–Crippen MR) is 71.5 cm³/mol.